The van der Waals surface area contributed by atoms with Gasteiger partial charge in [0.25, 0.3) is 0 Å². The lowest BCUT2D eigenvalue weighted by Crippen LogP contribution is -2.05. The lowest BCUT2D eigenvalue weighted by molar-refractivity contribution is 0.303. The van der Waals surface area contributed by atoms with Crippen LogP contribution in [0, 0.1) is 0 Å². The van der Waals surface area contributed by atoms with Crippen LogP contribution in [-0.4, -0.2) is 30.8 Å². The Morgan fingerprint density at radius 1 is 1.15 bits per heavy atom. The number of hydrogen-bond donors (Lipinski definition) is 0. The van der Waals surface area contributed by atoms with Gasteiger partial charge in [-0.2, -0.15) is 4.98 Å². The average Bonchev–Trinajstić information content (AvgIpc) is 2.47. The first kappa shape index (κ1) is 14.4. The van der Waals surface area contributed by atoms with Crippen molar-refractivity contribution in [2.24, 2.45) is 0 Å². The maximum atomic E-state index is 5.74. The summed E-state index contributed by atoms with van der Waals surface area (Å²) in [6.07, 6.45) is 3.64. The highest BCUT2D eigenvalue weighted by molar-refractivity contribution is 6.29. The number of hydrogen-bond acceptors (Lipinski definition) is 5. The average molecular weight is 295 g/mol. The molecule has 1 aromatic heterocycles. The van der Waals surface area contributed by atoms with Crippen LogP contribution in [0.2, 0.25) is 5.15 Å². The van der Waals surface area contributed by atoms with Crippen molar-refractivity contribution in [3.8, 4) is 17.4 Å². The van der Waals surface area contributed by atoms with Gasteiger partial charge in [0.05, 0.1) is 33.2 Å². The molecule has 0 N–H and O–H groups in total. The Balaban J connectivity index is 2.01. The maximum Gasteiger partial charge on any atom is 0.233 e. The van der Waals surface area contributed by atoms with Crippen molar-refractivity contribution in [1.82, 2.24) is 9.97 Å². The fourth-order valence-electron chi connectivity index (χ4n) is 1.81. The first-order chi connectivity index (χ1) is 9.74. The number of benzene rings is 1. The van der Waals surface area contributed by atoms with Crippen molar-refractivity contribution in [3.05, 3.63) is 41.3 Å². The van der Waals surface area contributed by atoms with Gasteiger partial charge in [-0.15, -0.1) is 0 Å². The minimum Gasteiger partial charge on any atom is -0.493 e. The summed E-state index contributed by atoms with van der Waals surface area (Å²) in [5.41, 5.74) is 1.00. The van der Waals surface area contributed by atoms with E-state index in [0.29, 0.717) is 29.8 Å². The van der Waals surface area contributed by atoms with Gasteiger partial charge in [-0.05, 0) is 6.07 Å². The minimum absolute atomic E-state index is 0.307. The first-order valence-corrected chi connectivity index (χ1v) is 6.42. The molecule has 0 aliphatic carbocycles. The largest absolute Gasteiger partial charge is 0.493 e. The highest BCUT2D eigenvalue weighted by Gasteiger charge is 2.09. The molecular weight excluding hydrogens is 280 g/mol. The molecule has 2 rings (SSSR count). The maximum absolute atomic E-state index is 5.74. The third-order valence-electron chi connectivity index (χ3n) is 2.69. The van der Waals surface area contributed by atoms with Gasteiger partial charge in [-0.1, -0.05) is 23.7 Å². The van der Waals surface area contributed by atoms with E-state index in [-0.39, 0.29) is 0 Å². The molecule has 0 aliphatic heterocycles. The quantitative estimate of drug-likeness (QED) is 0.820. The highest BCUT2D eigenvalue weighted by atomic mass is 35.5. The van der Waals surface area contributed by atoms with E-state index in [2.05, 4.69) is 9.97 Å². The van der Waals surface area contributed by atoms with Crippen LogP contribution in [0.25, 0.3) is 0 Å². The van der Waals surface area contributed by atoms with Crippen LogP contribution in [-0.2, 0) is 6.42 Å². The summed E-state index contributed by atoms with van der Waals surface area (Å²) >= 11 is 5.74. The van der Waals surface area contributed by atoms with E-state index in [4.69, 9.17) is 25.8 Å². The fraction of sp³-hybridized carbons (Fsp3) is 0.286. The van der Waals surface area contributed by atoms with Crippen molar-refractivity contribution in [2.75, 3.05) is 20.8 Å². The van der Waals surface area contributed by atoms with Crippen molar-refractivity contribution in [3.63, 3.8) is 0 Å². The molecule has 0 spiro atoms. The minimum atomic E-state index is 0.307. The molecule has 20 heavy (non-hydrogen) atoms. The van der Waals surface area contributed by atoms with Gasteiger partial charge >= 0.3 is 0 Å². The Bertz CT molecular complexity index is 578. The normalized spacial score (nSPS) is 10.2. The Morgan fingerprint density at radius 3 is 2.70 bits per heavy atom. The number of rotatable bonds is 6. The van der Waals surface area contributed by atoms with Crippen molar-refractivity contribution < 1.29 is 14.2 Å². The standard InChI is InChI=1S/C14H15ClN2O3/c1-18-11-5-3-4-10(14(11)19-2)6-7-20-13-9-16-8-12(15)17-13/h3-5,8-9H,6-7H2,1-2H3. The molecule has 1 aromatic carbocycles. The zero-order valence-electron chi connectivity index (χ0n) is 11.3. The summed E-state index contributed by atoms with van der Waals surface area (Å²) in [4.78, 5) is 7.91. The molecule has 0 radical (unpaired) electrons. The molecule has 0 bridgehead atoms. The second-order valence-electron chi connectivity index (χ2n) is 3.93. The zero-order valence-corrected chi connectivity index (χ0v) is 12.1. The number of methoxy groups -OCH3 is 2. The van der Waals surface area contributed by atoms with Gasteiger partial charge in [-0.3, -0.25) is 4.98 Å². The van der Waals surface area contributed by atoms with Crippen LogP contribution in [0.1, 0.15) is 5.56 Å². The third-order valence-corrected chi connectivity index (χ3v) is 2.87. The Hall–Kier alpha value is -2.01. The van der Waals surface area contributed by atoms with E-state index in [1.807, 2.05) is 18.2 Å². The third kappa shape index (κ3) is 3.51. The summed E-state index contributed by atoms with van der Waals surface area (Å²) < 4.78 is 16.1. The summed E-state index contributed by atoms with van der Waals surface area (Å²) in [6.45, 7) is 0.443. The van der Waals surface area contributed by atoms with Gasteiger partial charge in [-0.25, -0.2) is 0 Å². The van der Waals surface area contributed by atoms with Crippen molar-refractivity contribution in [2.45, 2.75) is 6.42 Å². The van der Waals surface area contributed by atoms with Gasteiger partial charge in [0.2, 0.25) is 5.88 Å². The number of ether oxygens (including phenoxy) is 3. The Morgan fingerprint density at radius 2 is 2.00 bits per heavy atom. The molecule has 0 atom stereocenters. The van der Waals surface area contributed by atoms with Gasteiger partial charge in [0.1, 0.15) is 0 Å². The number of halogens is 1. The molecule has 0 saturated heterocycles. The van der Waals surface area contributed by atoms with Gasteiger partial charge in [0.15, 0.2) is 16.7 Å². The molecule has 0 amide bonds. The van der Waals surface area contributed by atoms with Crippen molar-refractivity contribution >= 4 is 11.6 Å². The molecule has 0 saturated carbocycles. The summed E-state index contributed by atoms with van der Waals surface area (Å²) in [5.74, 6) is 1.82. The van der Waals surface area contributed by atoms with Gasteiger partial charge in [0, 0.05) is 12.0 Å². The van der Waals surface area contributed by atoms with E-state index in [1.54, 1.807) is 14.2 Å². The number of nitrogens with zero attached hydrogens (tertiary/aromatic N) is 2. The van der Waals surface area contributed by atoms with Crippen LogP contribution in [0.5, 0.6) is 17.4 Å². The molecule has 106 valence electrons. The molecule has 1 heterocycles. The predicted octanol–water partition coefficient (Wildman–Crippen LogP) is 2.77. The molecule has 0 aliphatic rings. The molecule has 6 heteroatoms. The fourth-order valence-corrected chi connectivity index (χ4v) is 1.95. The highest BCUT2D eigenvalue weighted by Crippen LogP contribution is 2.30. The smallest absolute Gasteiger partial charge is 0.233 e. The van der Waals surface area contributed by atoms with Crippen LogP contribution < -0.4 is 14.2 Å². The van der Waals surface area contributed by atoms with Crippen LogP contribution in [0.15, 0.2) is 30.6 Å². The van der Waals surface area contributed by atoms with Crippen LogP contribution in [0.4, 0.5) is 0 Å². The van der Waals surface area contributed by atoms with Crippen LogP contribution >= 0.6 is 11.6 Å². The molecule has 0 fully saturated rings. The SMILES string of the molecule is COc1cccc(CCOc2cncc(Cl)n2)c1OC. The topological polar surface area (TPSA) is 53.5 Å². The molecular formula is C14H15ClN2O3. The second kappa shape index (κ2) is 6.96. The van der Waals surface area contributed by atoms with E-state index >= 15 is 0 Å². The van der Waals surface area contributed by atoms with E-state index in [0.717, 1.165) is 11.3 Å². The van der Waals surface area contributed by atoms with E-state index < -0.39 is 0 Å². The Kier molecular flexibility index (Phi) is 5.01. The van der Waals surface area contributed by atoms with E-state index in [1.165, 1.54) is 12.4 Å². The molecule has 2 aromatic rings. The molecule has 5 nitrogen and oxygen atoms in total. The second-order valence-corrected chi connectivity index (χ2v) is 4.32. The summed E-state index contributed by atoms with van der Waals surface area (Å²) in [5, 5.41) is 0.307. The van der Waals surface area contributed by atoms with Crippen molar-refractivity contribution in [1.29, 1.82) is 0 Å². The zero-order chi connectivity index (χ0) is 14.4. The number of aromatic nitrogens is 2. The summed E-state index contributed by atoms with van der Waals surface area (Å²) in [7, 11) is 3.23. The van der Waals surface area contributed by atoms with E-state index in [9.17, 15) is 0 Å². The summed E-state index contributed by atoms with van der Waals surface area (Å²) in [6, 6.07) is 5.73. The molecule has 0 unspecified atom stereocenters. The number of para-hydroxylation sites is 1. The lowest BCUT2D eigenvalue weighted by Gasteiger charge is -2.12. The lowest BCUT2D eigenvalue weighted by atomic mass is 10.1. The monoisotopic (exact) mass is 294 g/mol. The Labute approximate surface area is 122 Å². The predicted molar refractivity (Wildman–Crippen MR) is 75.8 cm³/mol. The van der Waals surface area contributed by atoms with Crippen LogP contribution in [0.3, 0.4) is 0 Å². The first-order valence-electron chi connectivity index (χ1n) is 6.05. The van der Waals surface area contributed by atoms with Gasteiger partial charge < -0.3 is 14.2 Å².